The molecule has 2 aromatic carbocycles. The Hall–Kier alpha value is -1.35. The summed E-state index contributed by atoms with van der Waals surface area (Å²) in [7, 11) is 0. The van der Waals surface area contributed by atoms with Crippen molar-refractivity contribution in [3.63, 3.8) is 0 Å². The van der Waals surface area contributed by atoms with Crippen LogP contribution in [0.15, 0.2) is 53.0 Å². The molecule has 0 aliphatic carbocycles. The number of benzene rings is 2. The van der Waals surface area contributed by atoms with Gasteiger partial charge in [-0.1, -0.05) is 46.3 Å². The van der Waals surface area contributed by atoms with Crippen LogP contribution in [0.5, 0.6) is 0 Å². The van der Waals surface area contributed by atoms with Crippen LogP contribution in [-0.4, -0.2) is 6.54 Å². The molecule has 88 valence electrons. The molecular weight excluding hydrogens is 281 g/mol. The lowest BCUT2D eigenvalue weighted by Crippen LogP contribution is -2.06. The van der Waals surface area contributed by atoms with Gasteiger partial charge in [0, 0.05) is 11.0 Å². The van der Waals surface area contributed by atoms with Crippen molar-refractivity contribution in [2.45, 2.75) is 6.42 Å². The van der Waals surface area contributed by atoms with Crippen LogP contribution in [0.25, 0.3) is 0 Å². The summed E-state index contributed by atoms with van der Waals surface area (Å²) in [6.07, 6.45) is 0.857. The number of hydrogen-bond acceptors (Lipinski definition) is 1. The zero-order valence-corrected chi connectivity index (χ0v) is 10.9. The summed E-state index contributed by atoms with van der Waals surface area (Å²) in [4.78, 5) is 0. The fraction of sp³-hybridized carbons (Fsp3) is 0.143. The molecule has 2 aromatic rings. The zero-order chi connectivity index (χ0) is 12.1. The summed E-state index contributed by atoms with van der Waals surface area (Å²) in [6.45, 7) is 0.712. The number of halogens is 2. The molecule has 0 aliphatic heterocycles. The highest BCUT2D eigenvalue weighted by atomic mass is 79.9. The largest absolute Gasteiger partial charge is 0.382 e. The molecule has 0 aliphatic rings. The zero-order valence-electron chi connectivity index (χ0n) is 9.29. The monoisotopic (exact) mass is 293 g/mol. The van der Waals surface area contributed by atoms with Crippen molar-refractivity contribution in [1.29, 1.82) is 0 Å². The summed E-state index contributed by atoms with van der Waals surface area (Å²) in [5.41, 5.74) is 1.77. The first kappa shape index (κ1) is 12.1. The first-order valence-corrected chi connectivity index (χ1v) is 6.28. The third kappa shape index (κ3) is 3.30. The van der Waals surface area contributed by atoms with Gasteiger partial charge in [0.2, 0.25) is 0 Å². The molecule has 0 radical (unpaired) electrons. The highest BCUT2D eigenvalue weighted by Crippen LogP contribution is 2.17. The number of para-hydroxylation sites is 1. The average molecular weight is 294 g/mol. The Balaban J connectivity index is 1.93. The van der Waals surface area contributed by atoms with Crippen LogP contribution in [-0.2, 0) is 6.42 Å². The quantitative estimate of drug-likeness (QED) is 0.889. The number of nitrogens with one attached hydrogen (secondary N) is 1. The molecule has 0 fully saturated rings. The highest BCUT2D eigenvalue weighted by Gasteiger charge is 2.01. The molecule has 0 amide bonds. The van der Waals surface area contributed by atoms with Gasteiger partial charge in [-0.3, -0.25) is 0 Å². The van der Waals surface area contributed by atoms with Crippen LogP contribution in [0.4, 0.5) is 10.1 Å². The Kier molecular flexibility index (Phi) is 4.15. The minimum Gasteiger partial charge on any atom is -0.382 e. The second kappa shape index (κ2) is 5.82. The van der Waals surface area contributed by atoms with Crippen LogP contribution in [0.2, 0.25) is 0 Å². The summed E-state index contributed by atoms with van der Waals surface area (Å²) in [6, 6.07) is 14.8. The summed E-state index contributed by atoms with van der Waals surface area (Å²) in [5, 5.41) is 3.09. The van der Waals surface area contributed by atoms with E-state index in [1.165, 1.54) is 11.6 Å². The Morgan fingerprint density at radius 1 is 1.00 bits per heavy atom. The molecular formula is C14H13BrFN. The summed E-state index contributed by atoms with van der Waals surface area (Å²) >= 11 is 3.50. The third-order valence-electron chi connectivity index (χ3n) is 2.54. The minimum atomic E-state index is -0.209. The fourth-order valence-electron chi connectivity index (χ4n) is 1.64. The minimum absolute atomic E-state index is 0.209. The van der Waals surface area contributed by atoms with E-state index in [9.17, 15) is 4.39 Å². The normalized spacial score (nSPS) is 10.2. The number of rotatable bonds is 4. The fourth-order valence-corrected chi connectivity index (χ4v) is 2.12. The van der Waals surface area contributed by atoms with E-state index in [-0.39, 0.29) is 5.82 Å². The lowest BCUT2D eigenvalue weighted by molar-refractivity contribution is 0.630. The van der Waals surface area contributed by atoms with Gasteiger partial charge < -0.3 is 5.32 Å². The first-order chi connectivity index (χ1) is 8.27. The second-order valence-electron chi connectivity index (χ2n) is 3.75. The van der Waals surface area contributed by atoms with Gasteiger partial charge in [0.15, 0.2) is 0 Å². The molecule has 2 rings (SSSR count). The van der Waals surface area contributed by atoms with E-state index >= 15 is 0 Å². The van der Waals surface area contributed by atoms with Crippen molar-refractivity contribution in [3.05, 3.63) is 64.4 Å². The molecule has 0 saturated carbocycles. The van der Waals surface area contributed by atoms with Crippen molar-refractivity contribution in [3.8, 4) is 0 Å². The van der Waals surface area contributed by atoms with Crippen molar-refractivity contribution in [1.82, 2.24) is 0 Å². The molecule has 0 bridgehead atoms. The summed E-state index contributed by atoms with van der Waals surface area (Å²) in [5.74, 6) is -0.209. The molecule has 0 spiro atoms. The van der Waals surface area contributed by atoms with Gasteiger partial charge in [-0.15, -0.1) is 0 Å². The predicted molar refractivity (Wildman–Crippen MR) is 72.7 cm³/mol. The van der Waals surface area contributed by atoms with E-state index in [1.54, 1.807) is 12.1 Å². The van der Waals surface area contributed by atoms with Crippen molar-refractivity contribution in [2.24, 2.45) is 0 Å². The van der Waals surface area contributed by atoms with Gasteiger partial charge in [0.1, 0.15) is 5.82 Å². The van der Waals surface area contributed by atoms with Crippen LogP contribution < -0.4 is 5.32 Å². The first-order valence-electron chi connectivity index (χ1n) is 5.49. The molecule has 0 atom stereocenters. The van der Waals surface area contributed by atoms with E-state index in [0.29, 0.717) is 12.2 Å². The Morgan fingerprint density at radius 2 is 1.71 bits per heavy atom. The van der Waals surface area contributed by atoms with Gasteiger partial charge in [-0.25, -0.2) is 4.39 Å². The lowest BCUT2D eigenvalue weighted by Gasteiger charge is -2.08. The molecule has 0 unspecified atom stereocenters. The molecule has 17 heavy (non-hydrogen) atoms. The summed E-state index contributed by atoms with van der Waals surface area (Å²) < 4.78 is 14.4. The van der Waals surface area contributed by atoms with E-state index in [2.05, 4.69) is 27.3 Å². The standard InChI is InChI=1S/C14H13BrFN/c15-12-6-2-1-5-11(12)9-10-17-14-8-4-3-7-13(14)16/h1-8,17H,9-10H2. The van der Waals surface area contributed by atoms with Crippen molar-refractivity contribution >= 4 is 21.6 Å². The molecule has 1 N–H and O–H groups in total. The van der Waals surface area contributed by atoms with Gasteiger partial charge in [0.25, 0.3) is 0 Å². The topological polar surface area (TPSA) is 12.0 Å². The van der Waals surface area contributed by atoms with E-state index in [0.717, 1.165) is 10.9 Å². The second-order valence-corrected chi connectivity index (χ2v) is 4.60. The number of hydrogen-bond donors (Lipinski definition) is 1. The Bertz CT molecular complexity index is 454. The van der Waals surface area contributed by atoms with Gasteiger partial charge in [-0.05, 0) is 30.2 Å². The maximum atomic E-state index is 13.3. The van der Waals surface area contributed by atoms with Crippen molar-refractivity contribution < 1.29 is 4.39 Å². The lowest BCUT2D eigenvalue weighted by atomic mass is 10.1. The maximum absolute atomic E-state index is 13.3. The van der Waals surface area contributed by atoms with Crippen LogP contribution in [0.1, 0.15) is 5.56 Å². The average Bonchev–Trinajstić information content (AvgIpc) is 2.34. The Labute approximate surface area is 109 Å². The van der Waals surface area contributed by atoms with Gasteiger partial charge >= 0.3 is 0 Å². The molecule has 1 nitrogen and oxygen atoms in total. The Morgan fingerprint density at radius 3 is 2.47 bits per heavy atom. The van der Waals surface area contributed by atoms with Crippen LogP contribution in [0.3, 0.4) is 0 Å². The van der Waals surface area contributed by atoms with Gasteiger partial charge in [0.05, 0.1) is 5.69 Å². The SMILES string of the molecule is Fc1ccccc1NCCc1ccccc1Br. The molecule has 0 aromatic heterocycles. The van der Waals surface area contributed by atoms with Crippen LogP contribution in [0, 0.1) is 5.82 Å². The highest BCUT2D eigenvalue weighted by molar-refractivity contribution is 9.10. The molecule has 0 saturated heterocycles. The van der Waals surface area contributed by atoms with Crippen molar-refractivity contribution in [2.75, 3.05) is 11.9 Å². The smallest absolute Gasteiger partial charge is 0.146 e. The van der Waals surface area contributed by atoms with E-state index in [4.69, 9.17) is 0 Å². The predicted octanol–water partition coefficient (Wildman–Crippen LogP) is 4.24. The molecule has 0 heterocycles. The van der Waals surface area contributed by atoms with Crippen LogP contribution >= 0.6 is 15.9 Å². The maximum Gasteiger partial charge on any atom is 0.146 e. The van der Waals surface area contributed by atoms with Gasteiger partial charge in [-0.2, -0.15) is 0 Å². The van der Waals surface area contributed by atoms with E-state index < -0.39 is 0 Å². The van der Waals surface area contributed by atoms with E-state index in [1.807, 2.05) is 24.3 Å². The molecule has 3 heteroatoms. The number of anilines is 1. The third-order valence-corrected chi connectivity index (χ3v) is 3.32.